The molecule has 0 atom stereocenters. The average Bonchev–Trinajstić information content (AvgIpc) is 2.73. The summed E-state index contributed by atoms with van der Waals surface area (Å²) in [5.74, 6) is -1.08. The largest absolute Gasteiger partial charge is 0.493 e. The second-order valence-corrected chi connectivity index (χ2v) is 6.39. The number of hydrogen-bond acceptors (Lipinski definition) is 4. The highest BCUT2D eigenvalue weighted by molar-refractivity contribution is 6.30. The van der Waals surface area contributed by atoms with Crippen molar-refractivity contribution in [2.75, 3.05) is 7.11 Å². The Kier molecular flexibility index (Phi) is 6.28. The number of nitriles is 1. The van der Waals surface area contributed by atoms with Gasteiger partial charge in [0.2, 0.25) is 0 Å². The molecule has 0 unspecified atom stereocenters. The maximum Gasteiger partial charge on any atom is 0.346 e. The summed E-state index contributed by atoms with van der Waals surface area (Å²) in [5.41, 5.74) is 1.64. The van der Waals surface area contributed by atoms with E-state index in [0.29, 0.717) is 21.7 Å². The molecule has 4 nitrogen and oxygen atoms in total. The van der Waals surface area contributed by atoms with Crippen molar-refractivity contribution in [1.82, 2.24) is 0 Å². The summed E-state index contributed by atoms with van der Waals surface area (Å²) in [6, 6.07) is 19.4. The van der Waals surface area contributed by atoms with Crippen LogP contribution in [0.4, 0.5) is 4.39 Å². The number of carbonyl (C=O) groups excluding carboxylic acids is 1. The fraction of sp³-hybridized carbons (Fsp3) is 0.0435. The quantitative estimate of drug-likeness (QED) is 0.233. The van der Waals surface area contributed by atoms with E-state index in [2.05, 4.69) is 6.07 Å². The Morgan fingerprint density at radius 3 is 2.45 bits per heavy atom. The Morgan fingerprint density at radius 1 is 1.07 bits per heavy atom. The molecule has 0 spiro atoms. The van der Waals surface area contributed by atoms with Crippen molar-refractivity contribution in [3.8, 4) is 17.6 Å². The number of methoxy groups -OCH3 is 1. The summed E-state index contributed by atoms with van der Waals surface area (Å²) in [6.45, 7) is 0. The molecule has 0 aliphatic carbocycles. The van der Waals surface area contributed by atoms with E-state index >= 15 is 0 Å². The third-order valence-corrected chi connectivity index (χ3v) is 4.32. The number of nitrogens with zero attached hydrogens (tertiary/aromatic N) is 1. The first-order chi connectivity index (χ1) is 14.0. The van der Waals surface area contributed by atoms with Crippen LogP contribution in [0.1, 0.15) is 21.5 Å². The molecule has 3 aromatic carbocycles. The lowest BCUT2D eigenvalue weighted by Gasteiger charge is -2.10. The highest BCUT2D eigenvalue weighted by Crippen LogP contribution is 2.31. The topological polar surface area (TPSA) is 59.3 Å². The molecule has 29 heavy (non-hydrogen) atoms. The third kappa shape index (κ3) is 4.81. The molecule has 0 radical (unpaired) electrons. The summed E-state index contributed by atoms with van der Waals surface area (Å²) in [5, 5.41) is 10.1. The van der Waals surface area contributed by atoms with Crippen LogP contribution >= 0.6 is 11.6 Å². The van der Waals surface area contributed by atoms with E-state index in [1.807, 2.05) is 0 Å². The summed E-state index contributed by atoms with van der Waals surface area (Å²) in [4.78, 5) is 12.2. The number of ether oxygens (including phenoxy) is 2. The molecular formula is C23H15ClFNO3. The van der Waals surface area contributed by atoms with Crippen LogP contribution in [0.5, 0.6) is 11.5 Å². The lowest BCUT2D eigenvalue weighted by molar-refractivity contribution is 0.0725. The highest BCUT2D eigenvalue weighted by Gasteiger charge is 2.16. The van der Waals surface area contributed by atoms with Crippen LogP contribution in [0, 0.1) is 17.1 Å². The molecule has 0 aromatic heterocycles. The van der Waals surface area contributed by atoms with Gasteiger partial charge in [0.15, 0.2) is 11.5 Å². The van der Waals surface area contributed by atoms with E-state index in [1.54, 1.807) is 48.5 Å². The Morgan fingerprint density at radius 2 is 1.79 bits per heavy atom. The van der Waals surface area contributed by atoms with Gasteiger partial charge in [-0.05, 0) is 53.6 Å². The van der Waals surface area contributed by atoms with Crippen LogP contribution in [-0.2, 0) is 0 Å². The Balaban J connectivity index is 1.88. The van der Waals surface area contributed by atoms with Gasteiger partial charge in [-0.25, -0.2) is 9.18 Å². The van der Waals surface area contributed by atoms with E-state index in [-0.39, 0.29) is 17.1 Å². The standard InChI is InChI=1S/C23H15ClFNO3/c1-28-22-13-15(12-17(14-26)16-7-9-18(24)10-8-16)6-11-21(22)29-23(27)19-4-2-3-5-20(19)25/h2-13H,1H3. The van der Waals surface area contributed by atoms with Crippen molar-refractivity contribution in [1.29, 1.82) is 5.26 Å². The Bertz CT molecular complexity index is 1120. The zero-order valence-electron chi connectivity index (χ0n) is 15.4. The minimum Gasteiger partial charge on any atom is -0.493 e. The van der Waals surface area contributed by atoms with Crippen LogP contribution in [0.3, 0.4) is 0 Å². The summed E-state index contributed by atoms with van der Waals surface area (Å²) in [6.07, 6.45) is 1.67. The fourth-order valence-corrected chi connectivity index (χ4v) is 2.74. The van der Waals surface area contributed by atoms with E-state index in [1.165, 1.54) is 31.4 Å². The zero-order valence-corrected chi connectivity index (χ0v) is 16.1. The fourth-order valence-electron chi connectivity index (χ4n) is 2.62. The van der Waals surface area contributed by atoms with Gasteiger partial charge in [-0.3, -0.25) is 0 Å². The van der Waals surface area contributed by atoms with Crippen molar-refractivity contribution in [2.45, 2.75) is 0 Å². The highest BCUT2D eigenvalue weighted by atomic mass is 35.5. The minimum atomic E-state index is -0.830. The van der Waals surface area contributed by atoms with Crippen molar-refractivity contribution < 1.29 is 18.7 Å². The van der Waals surface area contributed by atoms with Crippen molar-refractivity contribution in [2.24, 2.45) is 0 Å². The minimum absolute atomic E-state index is 0.142. The molecule has 0 saturated carbocycles. The number of hydrogen-bond donors (Lipinski definition) is 0. The average molecular weight is 408 g/mol. The molecular weight excluding hydrogens is 393 g/mol. The van der Waals surface area contributed by atoms with Crippen LogP contribution in [0.15, 0.2) is 66.7 Å². The molecule has 0 fully saturated rings. The number of carbonyl (C=O) groups is 1. The monoisotopic (exact) mass is 407 g/mol. The van der Waals surface area contributed by atoms with Crippen molar-refractivity contribution in [3.05, 3.63) is 94.3 Å². The summed E-state index contributed by atoms with van der Waals surface area (Å²) in [7, 11) is 1.42. The van der Waals surface area contributed by atoms with Gasteiger partial charge in [0, 0.05) is 5.02 Å². The lowest BCUT2D eigenvalue weighted by atomic mass is 10.0. The van der Waals surface area contributed by atoms with E-state index in [4.69, 9.17) is 21.1 Å². The molecule has 0 aliphatic rings. The molecule has 0 bridgehead atoms. The van der Waals surface area contributed by atoms with Gasteiger partial charge in [-0.1, -0.05) is 41.9 Å². The Hall–Kier alpha value is -3.62. The first-order valence-electron chi connectivity index (χ1n) is 8.54. The molecule has 3 rings (SSSR count). The molecule has 0 amide bonds. The summed E-state index contributed by atoms with van der Waals surface area (Å²) >= 11 is 5.89. The van der Waals surface area contributed by atoms with Gasteiger partial charge in [0.25, 0.3) is 0 Å². The van der Waals surface area contributed by atoms with Gasteiger partial charge in [0.05, 0.1) is 24.3 Å². The maximum atomic E-state index is 13.8. The number of rotatable bonds is 5. The van der Waals surface area contributed by atoms with Crippen molar-refractivity contribution in [3.63, 3.8) is 0 Å². The van der Waals surface area contributed by atoms with Gasteiger partial charge in [-0.2, -0.15) is 5.26 Å². The zero-order chi connectivity index (χ0) is 20.8. The maximum absolute atomic E-state index is 13.8. The van der Waals surface area contributed by atoms with E-state index < -0.39 is 11.8 Å². The second-order valence-electron chi connectivity index (χ2n) is 5.96. The lowest BCUT2D eigenvalue weighted by Crippen LogP contribution is -2.11. The van der Waals surface area contributed by atoms with Gasteiger partial charge in [-0.15, -0.1) is 0 Å². The predicted octanol–water partition coefficient (Wildman–Crippen LogP) is 5.77. The van der Waals surface area contributed by atoms with Gasteiger partial charge in [0.1, 0.15) is 5.82 Å². The SMILES string of the molecule is COc1cc(C=C(C#N)c2ccc(Cl)cc2)ccc1OC(=O)c1ccccc1F. The smallest absolute Gasteiger partial charge is 0.346 e. The first-order valence-corrected chi connectivity index (χ1v) is 8.92. The Labute approximate surface area is 172 Å². The van der Waals surface area contributed by atoms with Crippen LogP contribution in [0.2, 0.25) is 5.02 Å². The van der Waals surface area contributed by atoms with Gasteiger partial charge >= 0.3 is 5.97 Å². The number of halogens is 2. The summed E-state index contributed by atoms with van der Waals surface area (Å²) < 4.78 is 24.4. The molecule has 0 aliphatic heterocycles. The molecule has 6 heteroatoms. The van der Waals surface area contributed by atoms with E-state index in [9.17, 15) is 14.4 Å². The molecule has 144 valence electrons. The molecule has 0 heterocycles. The molecule has 0 saturated heterocycles. The number of esters is 1. The van der Waals surface area contributed by atoms with Gasteiger partial charge < -0.3 is 9.47 Å². The van der Waals surface area contributed by atoms with E-state index in [0.717, 1.165) is 0 Å². The van der Waals surface area contributed by atoms with Crippen LogP contribution in [-0.4, -0.2) is 13.1 Å². The predicted molar refractivity (Wildman–Crippen MR) is 109 cm³/mol. The molecule has 0 N–H and O–H groups in total. The molecule has 3 aromatic rings. The van der Waals surface area contributed by atoms with Crippen LogP contribution < -0.4 is 9.47 Å². The van der Waals surface area contributed by atoms with Crippen molar-refractivity contribution >= 4 is 29.2 Å². The number of allylic oxidation sites excluding steroid dienone is 1. The third-order valence-electron chi connectivity index (χ3n) is 4.07. The normalized spacial score (nSPS) is 10.9. The first kappa shape index (κ1) is 20.1. The van der Waals surface area contributed by atoms with Crippen LogP contribution in [0.25, 0.3) is 11.6 Å². The second kappa shape index (κ2) is 9.05. The number of benzene rings is 3.